The number of ether oxygens (including phenoxy) is 1. The number of carbonyl (C=O) groups excluding carboxylic acids is 3. The lowest BCUT2D eigenvalue weighted by molar-refractivity contribution is -0.117. The highest BCUT2D eigenvalue weighted by molar-refractivity contribution is 8.00. The van der Waals surface area contributed by atoms with E-state index in [4.69, 9.17) is 4.74 Å². The Morgan fingerprint density at radius 3 is 2.44 bits per heavy atom. The van der Waals surface area contributed by atoms with Crippen LogP contribution in [0, 0.1) is 5.82 Å². The van der Waals surface area contributed by atoms with Gasteiger partial charge in [-0.05, 0) is 47.0 Å². The Hall–Kier alpha value is -4.61. The van der Waals surface area contributed by atoms with Gasteiger partial charge >= 0.3 is 5.97 Å². The number of carbonyl (C=O) groups is 3. The third-order valence-electron chi connectivity index (χ3n) is 6.23. The Bertz CT molecular complexity index is 1650. The molecule has 2 heterocycles. The van der Waals surface area contributed by atoms with E-state index in [1.54, 1.807) is 30.3 Å². The number of ketones is 1. The Morgan fingerprint density at radius 1 is 1.05 bits per heavy atom. The number of nitrogens with zero attached hydrogens (tertiary/aromatic N) is 3. The van der Waals surface area contributed by atoms with Gasteiger partial charge in [-0.1, -0.05) is 83.8 Å². The van der Waals surface area contributed by atoms with Crippen molar-refractivity contribution in [3.63, 3.8) is 0 Å². The van der Waals surface area contributed by atoms with Gasteiger partial charge in [0.2, 0.25) is 5.13 Å². The maximum absolute atomic E-state index is 13.4. The highest BCUT2D eigenvalue weighted by Crippen LogP contribution is 2.43. The number of thioether (sulfide) groups is 1. The molecule has 8 nitrogen and oxygen atoms in total. The van der Waals surface area contributed by atoms with E-state index in [0.29, 0.717) is 15.7 Å². The number of halogens is 1. The third-order valence-corrected chi connectivity index (χ3v) is 8.35. The number of esters is 1. The Labute approximate surface area is 242 Å². The van der Waals surface area contributed by atoms with Gasteiger partial charge in [-0.25, -0.2) is 9.18 Å². The van der Waals surface area contributed by atoms with Gasteiger partial charge < -0.3 is 9.84 Å². The average molecular weight is 588 g/mol. The van der Waals surface area contributed by atoms with Crippen molar-refractivity contribution in [1.82, 2.24) is 10.2 Å². The molecule has 5 rings (SSSR count). The summed E-state index contributed by atoms with van der Waals surface area (Å²) in [7, 11) is 1.27. The van der Waals surface area contributed by atoms with Gasteiger partial charge in [-0.2, -0.15) is 0 Å². The monoisotopic (exact) mass is 587 g/mol. The molecule has 0 aliphatic carbocycles. The number of hydrogen-bond donors (Lipinski definition) is 1. The van der Waals surface area contributed by atoms with Gasteiger partial charge in [0.05, 0.1) is 24.3 Å². The van der Waals surface area contributed by atoms with Crippen LogP contribution in [0.3, 0.4) is 0 Å². The molecule has 1 aromatic heterocycles. The second kappa shape index (κ2) is 12.3. The number of amides is 1. The molecule has 0 radical (unpaired) electrons. The van der Waals surface area contributed by atoms with Crippen molar-refractivity contribution >= 4 is 52.0 Å². The summed E-state index contributed by atoms with van der Waals surface area (Å²) in [5.41, 5.74) is 2.29. The first-order valence-electron chi connectivity index (χ1n) is 12.3. The summed E-state index contributed by atoms with van der Waals surface area (Å²) in [6.45, 7) is 0. The summed E-state index contributed by atoms with van der Waals surface area (Å²) in [6, 6.07) is 20.4. The van der Waals surface area contributed by atoms with Gasteiger partial charge in [0, 0.05) is 5.75 Å². The second-order valence-corrected chi connectivity index (χ2v) is 11.0. The van der Waals surface area contributed by atoms with Crippen LogP contribution in [0.5, 0.6) is 0 Å². The largest absolute Gasteiger partial charge is 0.503 e. The van der Waals surface area contributed by atoms with Crippen LogP contribution in [-0.4, -0.2) is 40.1 Å². The molecule has 3 aromatic carbocycles. The van der Waals surface area contributed by atoms with Crippen LogP contribution in [0.15, 0.2) is 101 Å². The van der Waals surface area contributed by atoms with E-state index in [9.17, 15) is 23.9 Å². The van der Waals surface area contributed by atoms with E-state index in [0.717, 1.165) is 22.5 Å². The molecule has 11 heteroatoms. The SMILES string of the molecule is COC(=O)c1ccc(C2C(C(=O)C=Cc3ccccc3)=C(O)C(=O)N2c2nnc(SCc3ccc(F)cc3)s2)cc1. The predicted molar refractivity (Wildman–Crippen MR) is 154 cm³/mol. The zero-order valence-electron chi connectivity index (χ0n) is 21.6. The first-order valence-corrected chi connectivity index (χ1v) is 14.1. The number of anilines is 1. The summed E-state index contributed by atoms with van der Waals surface area (Å²) < 4.78 is 18.5. The second-order valence-electron chi connectivity index (χ2n) is 8.83. The molecule has 0 spiro atoms. The fraction of sp³-hybridized carbons (Fsp3) is 0.100. The lowest BCUT2D eigenvalue weighted by Crippen LogP contribution is -2.30. The van der Waals surface area contributed by atoms with Gasteiger partial charge in [-0.15, -0.1) is 10.2 Å². The van der Waals surface area contributed by atoms with E-state index in [1.807, 2.05) is 30.3 Å². The average Bonchev–Trinajstić information content (AvgIpc) is 3.57. The number of rotatable bonds is 9. The number of methoxy groups -OCH3 is 1. The van der Waals surface area contributed by atoms with E-state index in [2.05, 4.69) is 10.2 Å². The van der Waals surface area contributed by atoms with E-state index < -0.39 is 29.5 Å². The molecule has 0 fully saturated rings. The first-order chi connectivity index (χ1) is 19.9. The van der Waals surface area contributed by atoms with E-state index in [1.165, 1.54) is 54.1 Å². The van der Waals surface area contributed by atoms with Gasteiger partial charge in [0.25, 0.3) is 5.91 Å². The fourth-order valence-electron chi connectivity index (χ4n) is 4.20. The molecule has 206 valence electrons. The molecular formula is C30H22FN3O5S2. The number of aliphatic hydroxyl groups is 1. The quantitative estimate of drug-likeness (QED) is 0.111. The molecule has 1 N–H and O–H groups in total. The fourth-order valence-corrected chi connectivity index (χ4v) is 6.02. The molecule has 4 aromatic rings. The van der Waals surface area contributed by atoms with Crippen molar-refractivity contribution in [3.8, 4) is 0 Å². The number of aliphatic hydroxyl groups excluding tert-OH is 1. The van der Waals surface area contributed by atoms with Gasteiger partial charge in [0.1, 0.15) is 5.82 Å². The van der Waals surface area contributed by atoms with Crippen molar-refractivity contribution in [2.24, 2.45) is 0 Å². The molecule has 41 heavy (non-hydrogen) atoms. The number of benzene rings is 3. The van der Waals surface area contributed by atoms with Crippen LogP contribution in [0.4, 0.5) is 9.52 Å². The predicted octanol–water partition coefficient (Wildman–Crippen LogP) is 5.94. The van der Waals surface area contributed by atoms with E-state index in [-0.39, 0.29) is 22.1 Å². The molecular weight excluding hydrogens is 565 g/mol. The molecule has 1 aliphatic heterocycles. The van der Waals surface area contributed by atoms with Crippen LogP contribution in [0.1, 0.15) is 33.1 Å². The maximum Gasteiger partial charge on any atom is 0.337 e. The van der Waals surface area contributed by atoms with Gasteiger partial charge in [-0.3, -0.25) is 14.5 Å². The summed E-state index contributed by atoms with van der Waals surface area (Å²) in [5, 5.41) is 19.5. The van der Waals surface area contributed by atoms with Gasteiger partial charge in [0.15, 0.2) is 15.9 Å². The molecule has 1 atom stereocenters. The number of aromatic nitrogens is 2. The Kier molecular flexibility index (Phi) is 8.37. The molecule has 0 bridgehead atoms. The molecule has 1 unspecified atom stereocenters. The van der Waals surface area contributed by atoms with Crippen LogP contribution >= 0.6 is 23.1 Å². The van der Waals surface area contributed by atoms with Crippen LogP contribution < -0.4 is 4.90 Å². The summed E-state index contributed by atoms with van der Waals surface area (Å²) in [5.74, 6) is -2.41. The van der Waals surface area contributed by atoms with Crippen molar-refractivity contribution < 1.29 is 28.6 Å². The smallest absolute Gasteiger partial charge is 0.337 e. The topological polar surface area (TPSA) is 110 Å². The number of allylic oxidation sites excluding steroid dienone is 1. The van der Waals surface area contributed by atoms with Crippen molar-refractivity contribution in [2.45, 2.75) is 16.1 Å². The van der Waals surface area contributed by atoms with Crippen molar-refractivity contribution in [3.05, 3.63) is 124 Å². The normalized spacial score (nSPS) is 15.1. The minimum Gasteiger partial charge on any atom is -0.503 e. The van der Waals surface area contributed by atoms with E-state index >= 15 is 0 Å². The highest BCUT2D eigenvalue weighted by atomic mass is 32.2. The maximum atomic E-state index is 13.4. The van der Waals surface area contributed by atoms with Crippen LogP contribution in [-0.2, 0) is 20.1 Å². The Balaban J connectivity index is 1.47. The lowest BCUT2D eigenvalue weighted by atomic mass is 9.95. The summed E-state index contributed by atoms with van der Waals surface area (Å²) in [6.07, 6.45) is 2.90. The molecule has 0 saturated carbocycles. The standard InChI is InChI=1S/C30H22FN3O5S2/c1-39-28(38)21-12-10-20(11-13-21)25-24(23(35)16-9-18-5-3-2-4-6-18)26(36)27(37)34(25)29-32-33-30(41-29)40-17-19-7-14-22(31)15-8-19/h2-16,25,36H,17H2,1H3. The molecule has 1 aliphatic rings. The zero-order chi connectivity index (χ0) is 28.9. The minimum atomic E-state index is -1.02. The van der Waals surface area contributed by atoms with Crippen LogP contribution in [0.25, 0.3) is 6.08 Å². The number of hydrogen-bond acceptors (Lipinski definition) is 9. The molecule has 0 saturated heterocycles. The lowest BCUT2D eigenvalue weighted by Gasteiger charge is -2.23. The highest BCUT2D eigenvalue weighted by Gasteiger charge is 2.45. The summed E-state index contributed by atoms with van der Waals surface area (Å²) in [4.78, 5) is 40.0. The Morgan fingerprint density at radius 2 is 1.76 bits per heavy atom. The third kappa shape index (κ3) is 6.11. The molecule has 1 amide bonds. The minimum absolute atomic E-state index is 0.122. The summed E-state index contributed by atoms with van der Waals surface area (Å²) >= 11 is 2.48. The zero-order valence-corrected chi connectivity index (χ0v) is 23.2. The first kappa shape index (κ1) is 27.9. The van der Waals surface area contributed by atoms with Crippen LogP contribution in [0.2, 0.25) is 0 Å². The van der Waals surface area contributed by atoms with Crippen molar-refractivity contribution in [2.75, 3.05) is 12.0 Å². The van der Waals surface area contributed by atoms with Crippen molar-refractivity contribution in [1.29, 1.82) is 0 Å².